The van der Waals surface area contributed by atoms with Gasteiger partial charge >= 0.3 is 5.97 Å². The second-order valence-corrected chi connectivity index (χ2v) is 8.23. The molecule has 0 aromatic heterocycles. The van der Waals surface area contributed by atoms with E-state index in [1.165, 1.54) is 6.42 Å². The molecule has 20 heavy (non-hydrogen) atoms. The number of carbonyl (C=O) groups is 1. The van der Waals surface area contributed by atoms with E-state index in [4.69, 9.17) is 10.5 Å². The summed E-state index contributed by atoms with van der Waals surface area (Å²) in [6.07, 6.45) is 5.67. The van der Waals surface area contributed by atoms with Gasteiger partial charge in [-0.1, -0.05) is 34.6 Å². The number of esters is 1. The molecule has 1 rings (SSSR count). The molecule has 0 aliphatic heterocycles. The molecule has 0 aromatic carbocycles. The zero-order chi connectivity index (χ0) is 15.4. The number of hydrogen-bond acceptors (Lipinski definition) is 3. The second-order valence-electron chi connectivity index (χ2n) is 8.23. The van der Waals surface area contributed by atoms with Gasteiger partial charge in [-0.15, -0.1) is 0 Å². The maximum atomic E-state index is 12.0. The Bertz CT molecular complexity index is 323. The van der Waals surface area contributed by atoms with Crippen LogP contribution in [-0.4, -0.2) is 18.6 Å². The summed E-state index contributed by atoms with van der Waals surface area (Å²) >= 11 is 0. The predicted molar refractivity (Wildman–Crippen MR) is 83.4 cm³/mol. The van der Waals surface area contributed by atoms with E-state index in [2.05, 4.69) is 34.6 Å². The summed E-state index contributed by atoms with van der Waals surface area (Å²) < 4.78 is 5.70. The van der Waals surface area contributed by atoms with Gasteiger partial charge in [0.1, 0.15) is 6.10 Å². The van der Waals surface area contributed by atoms with Crippen molar-refractivity contribution in [2.45, 2.75) is 79.2 Å². The maximum absolute atomic E-state index is 12.0. The molecule has 3 nitrogen and oxygen atoms in total. The van der Waals surface area contributed by atoms with Gasteiger partial charge in [-0.05, 0) is 55.4 Å². The summed E-state index contributed by atoms with van der Waals surface area (Å²) in [4.78, 5) is 12.0. The molecule has 1 saturated carbocycles. The largest absolute Gasteiger partial charge is 0.462 e. The van der Waals surface area contributed by atoms with Crippen molar-refractivity contribution in [3.05, 3.63) is 0 Å². The number of nitrogens with two attached hydrogens (primary N) is 1. The van der Waals surface area contributed by atoms with Crippen molar-refractivity contribution in [2.24, 2.45) is 22.5 Å². The van der Waals surface area contributed by atoms with Crippen LogP contribution in [0, 0.1) is 16.7 Å². The predicted octanol–water partition coefficient (Wildman–Crippen LogP) is 3.90. The third kappa shape index (κ3) is 6.25. The quantitative estimate of drug-likeness (QED) is 0.752. The number of rotatable bonds is 6. The molecule has 3 heteroatoms. The summed E-state index contributed by atoms with van der Waals surface area (Å²) in [5, 5.41) is 0. The van der Waals surface area contributed by atoms with Gasteiger partial charge in [-0.3, -0.25) is 4.79 Å². The Kier molecular flexibility index (Phi) is 6.06. The highest BCUT2D eigenvalue weighted by Gasteiger charge is 2.34. The first-order valence-corrected chi connectivity index (χ1v) is 8.03. The van der Waals surface area contributed by atoms with E-state index < -0.39 is 0 Å². The van der Waals surface area contributed by atoms with Crippen molar-refractivity contribution < 1.29 is 9.53 Å². The third-order valence-electron chi connectivity index (χ3n) is 4.47. The number of hydrogen-bond donors (Lipinski definition) is 1. The summed E-state index contributed by atoms with van der Waals surface area (Å²) in [5.41, 5.74) is 6.02. The monoisotopic (exact) mass is 283 g/mol. The number of ether oxygens (including phenoxy) is 1. The van der Waals surface area contributed by atoms with Crippen molar-refractivity contribution in [2.75, 3.05) is 6.54 Å². The van der Waals surface area contributed by atoms with E-state index in [1.807, 2.05) is 0 Å². The lowest BCUT2D eigenvalue weighted by Crippen LogP contribution is -2.34. The number of carbonyl (C=O) groups excluding carboxylic acids is 1. The summed E-state index contributed by atoms with van der Waals surface area (Å²) in [6.45, 7) is 11.8. The minimum Gasteiger partial charge on any atom is -0.462 e. The molecule has 0 saturated heterocycles. The third-order valence-corrected chi connectivity index (χ3v) is 4.47. The molecular weight excluding hydrogens is 250 g/mol. The van der Waals surface area contributed by atoms with Gasteiger partial charge in [0.25, 0.3) is 0 Å². The van der Waals surface area contributed by atoms with Crippen LogP contribution in [0.5, 0.6) is 0 Å². The SMILES string of the molecule is CC1CC(OC(=O)CCC(C)(C)CCN)CC(C)(C)C1. The highest BCUT2D eigenvalue weighted by Crippen LogP contribution is 2.39. The fraction of sp³-hybridized carbons (Fsp3) is 0.941. The molecule has 1 aliphatic rings. The lowest BCUT2D eigenvalue weighted by atomic mass is 9.71. The Morgan fingerprint density at radius 3 is 2.50 bits per heavy atom. The summed E-state index contributed by atoms with van der Waals surface area (Å²) in [6, 6.07) is 0. The van der Waals surface area contributed by atoms with E-state index in [1.54, 1.807) is 0 Å². The van der Waals surface area contributed by atoms with Gasteiger partial charge in [0.05, 0.1) is 0 Å². The van der Waals surface area contributed by atoms with Gasteiger partial charge in [0.15, 0.2) is 0 Å². The normalized spacial score (nSPS) is 26.3. The van der Waals surface area contributed by atoms with Crippen molar-refractivity contribution in [1.29, 1.82) is 0 Å². The Labute approximate surface area is 124 Å². The zero-order valence-electron chi connectivity index (χ0n) is 14.0. The first-order chi connectivity index (χ1) is 9.13. The van der Waals surface area contributed by atoms with Crippen LogP contribution in [0.4, 0.5) is 0 Å². The van der Waals surface area contributed by atoms with Crippen molar-refractivity contribution in [1.82, 2.24) is 0 Å². The topological polar surface area (TPSA) is 52.3 Å². The average molecular weight is 283 g/mol. The smallest absolute Gasteiger partial charge is 0.306 e. The molecule has 0 heterocycles. The van der Waals surface area contributed by atoms with Gasteiger partial charge in [0.2, 0.25) is 0 Å². The molecule has 0 amide bonds. The van der Waals surface area contributed by atoms with E-state index in [-0.39, 0.29) is 17.5 Å². The van der Waals surface area contributed by atoms with Crippen LogP contribution in [0.3, 0.4) is 0 Å². The highest BCUT2D eigenvalue weighted by atomic mass is 16.5. The Hall–Kier alpha value is -0.570. The van der Waals surface area contributed by atoms with Crippen molar-refractivity contribution in [3.63, 3.8) is 0 Å². The first kappa shape index (κ1) is 17.5. The molecule has 0 spiro atoms. The van der Waals surface area contributed by atoms with Crippen molar-refractivity contribution >= 4 is 5.97 Å². The molecular formula is C17H33NO2. The zero-order valence-corrected chi connectivity index (χ0v) is 14.0. The molecule has 2 N–H and O–H groups in total. The molecule has 118 valence electrons. The van der Waals surface area contributed by atoms with Crippen LogP contribution in [0.1, 0.15) is 73.1 Å². The van der Waals surface area contributed by atoms with E-state index in [9.17, 15) is 4.79 Å². The molecule has 0 radical (unpaired) electrons. The van der Waals surface area contributed by atoms with Crippen molar-refractivity contribution in [3.8, 4) is 0 Å². The molecule has 1 fully saturated rings. The fourth-order valence-corrected chi connectivity index (χ4v) is 3.55. The van der Waals surface area contributed by atoms with Gasteiger partial charge in [-0.2, -0.15) is 0 Å². The lowest BCUT2D eigenvalue weighted by Gasteiger charge is -2.38. The molecule has 0 bridgehead atoms. The van der Waals surface area contributed by atoms with Crippen LogP contribution in [0.2, 0.25) is 0 Å². The van der Waals surface area contributed by atoms with E-state index >= 15 is 0 Å². The minimum absolute atomic E-state index is 0.0370. The van der Waals surface area contributed by atoms with Crippen LogP contribution in [-0.2, 0) is 9.53 Å². The van der Waals surface area contributed by atoms with Gasteiger partial charge in [0, 0.05) is 6.42 Å². The minimum atomic E-state index is -0.0370. The van der Waals surface area contributed by atoms with E-state index in [0.717, 1.165) is 25.7 Å². The highest BCUT2D eigenvalue weighted by molar-refractivity contribution is 5.69. The maximum Gasteiger partial charge on any atom is 0.306 e. The molecule has 0 aromatic rings. The fourth-order valence-electron chi connectivity index (χ4n) is 3.55. The van der Waals surface area contributed by atoms with Crippen LogP contribution >= 0.6 is 0 Å². The Balaban J connectivity index is 2.39. The summed E-state index contributed by atoms with van der Waals surface area (Å²) in [5.74, 6) is 0.607. The Morgan fingerprint density at radius 1 is 1.30 bits per heavy atom. The van der Waals surface area contributed by atoms with E-state index in [0.29, 0.717) is 24.3 Å². The molecule has 2 atom stereocenters. The van der Waals surface area contributed by atoms with Crippen LogP contribution in [0.15, 0.2) is 0 Å². The van der Waals surface area contributed by atoms with Gasteiger partial charge < -0.3 is 10.5 Å². The molecule has 2 unspecified atom stereocenters. The summed E-state index contributed by atoms with van der Waals surface area (Å²) in [7, 11) is 0. The van der Waals surface area contributed by atoms with Crippen LogP contribution in [0.25, 0.3) is 0 Å². The standard InChI is InChI=1S/C17H33NO2/c1-13-10-14(12-17(4,5)11-13)20-15(19)6-7-16(2,3)8-9-18/h13-14H,6-12,18H2,1-5H3. The van der Waals surface area contributed by atoms with Gasteiger partial charge in [-0.25, -0.2) is 0 Å². The second kappa shape index (κ2) is 6.93. The average Bonchev–Trinajstić information content (AvgIpc) is 2.23. The first-order valence-electron chi connectivity index (χ1n) is 8.03. The Morgan fingerprint density at radius 2 is 1.95 bits per heavy atom. The lowest BCUT2D eigenvalue weighted by molar-refractivity contribution is -0.154. The molecule has 1 aliphatic carbocycles. The van der Waals surface area contributed by atoms with Crippen LogP contribution < -0.4 is 5.73 Å².